The van der Waals surface area contributed by atoms with E-state index in [1.54, 1.807) is 0 Å². The number of tetrazole rings is 1. The summed E-state index contributed by atoms with van der Waals surface area (Å²) in [4.78, 5) is 0. The first-order valence-electron chi connectivity index (χ1n) is 6.28. The van der Waals surface area contributed by atoms with Crippen molar-refractivity contribution in [2.45, 2.75) is 26.1 Å². The van der Waals surface area contributed by atoms with E-state index in [1.807, 2.05) is 6.92 Å². The standard InChI is InChI=1S/C12H13BrF3N5/c1-2-5-17-7-11-18-19-20-21(11)10-6-8(12(14,15)16)3-4-9(10)13/h3-4,6,17H,2,5,7H2,1H3. The predicted molar refractivity (Wildman–Crippen MR) is 73.9 cm³/mol. The van der Waals surface area contributed by atoms with Crippen LogP contribution in [-0.4, -0.2) is 26.8 Å². The molecule has 0 aliphatic carbocycles. The van der Waals surface area contributed by atoms with Gasteiger partial charge >= 0.3 is 6.18 Å². The van der Waals surface area contributed by atoms with Gasteiger partial charge < -0.3 is 5.32 Å². The number of benzene rings is 1. The lowest BCUT2D eigenvalue weighted by molar-refractivity contribution is -0.137. The van der Waals surface area contributed by atoms with Gasteiger partial charge in [-0.05, 0) is 57.5 Å². The smallest absolute Gasteiger partial charge is 0.310 e. The molecule has 1 aromatic heterocycles. The van der Waals surface area contributed by atoms with E-state index < -0.39 is 11.7 Å². The second-order valence-corrected chi connectivity index (χ2v) is 5.20. The van der Waals surface area contributed by atoms with Gasteiger partial charge in [-0.1, -0.05) is 6.92 Å². The van der Waals surface area contributed by atoms with Crippen LogP contribution >= 0.6 is 15.9 Å². The van der Waals surface area contributed by atoms with Crippen molar-refractivity contribution in [1.82, 2.24) is 25.5 Å². The van der Waals surface area contributed by atoms with Gasteiger partial charge in [0.15, 0.2) is 5.82 Å². The fraction of sp³-hybridized carbons (Fsp3) is 0.417. The van der Waals surface area contributed by atoms with Crippen LogP contribution in [0.4, 0.5) is 13.2 Å². The summed E-state index contributed by atoms with van der Waals surface area (Å²) in [5, 5.41) is 14.2. The fourth-order valence-electron chi connectivity index (χ4n) is 1.73. The lowest BCUT2D eigenvalue weighted by atomic mass is 10.2. The maximum atomic E-state index is 12.8. The lowest BCUT2D eigenvalue weighted by Gasteiger charge is -2.11. The third kappa shape index (κ3) is 3.79. The number of aromatic nitrogens is 4. The first kappa shape index (κ1) is 15.9. The van der Waals surface area contributed by atoms with Crippen LogP contribution in [0.5, 0.6) is 0 Å². The van der Waals surface area contributed by atoms with Gasteiger partial charge in [0.05, 0.1) is 17.8 Å². The Morgan fingerprint density at radius 3 is 2.76 bits per heavy atom. The summed E-state index contributed by atoms with van der Waals surface area (Å²) in [6.07, 6.45) is -3.47. The van der Waals surface area contributed by atoms with Crippen LogP contribution < -0.4 is 5.32 Å². The number of hydrogen-bond acceptors (Lipinski definition) is 4. The number of hydrogen-bond donors (Lipinski definition) is 1. The SMILES string of the molecule is CCCNCc1nnnn1-c1cc(C(F)(F)F)ccc1Br. The van der Waals surface area contributed by atoms with Gasteiger partial charge in [0.1, 0.15) is 0 Å². The van der Waals surface area contributed by atoms with Crippen LogP contribution in [0.2, 0.25) is 0 Å². The van der Waals surface area contributed by atoms with Crippen molar-refractivity contribution in [2.24, 2.45) is 0 Å². The Morgan fingerprint density at radius 2 is 2.10 bits per heavy atom. The monoisotopic (exact) mass is 363 g/mol. The molecule has 2 aromatic rings. The first-order valence-corrected chi connectivity index (χ1v) is 7.08. The Balaban J connectivity index is 2.36. The molecule has 9 heteroatoms. The van der Waals surface area contributed by atoms with E-state index in [9.17, 15) is 13.2 Å². The molecule has 0 unspecified atom stereocenters. The highest BCUT2D eigenvalue weighted by Crippen LogP contribution is 2.33. The predicted octanol–water partition coefficient (Wildman–Crippen LogP) is 2.94. The van der Waals surface area contributed by atoms with Crippen molar-refractivity contribution >= 4 is 15.9 Å². The quantitative estimate of drug-likeness (QED) is 0.829. The molecule has 1 aromatic carbocycles. The van der Waals surface area contributed by atoms with E-state index in [2.05, 4.69) is 36.8 Å². The van der Waals surface area contributed by atoms with E-state index in [0.29, 0.717) is 16.8 Å². The maximum Gasteiger partial charge on any atom is 0.416 e. The molecule has 0 aliphatic rings. The van der Waals surface area contributed by atoms with Gasteiger partial charge in [0.25, 0.3) is 0 Å². The van der Waals surface area contributed by atoms with E-state index in [0.717, 1.165) is 25.1 Å². The molecule has 0 saturated carbocycles. The average molecular weight is 364 g/mol. The molecule has 5 nitrogen and oxygen atoms in total. The van der Waals surface area contributed by atoms with Gasteiger partial charge in [-0.2, -0.15) is 17.9 Å². The molecule has 0 saturated heterocycles. The lowest BCUT2D eigenvalue weighted by Crippen LogP contribution is -2.18. The number of nitrogens with zero attached hydrogens (tertiary/aromatic N) is 4. The molecule has 0 radical (unpaired) electrons. The van der Waals surface area contributed by atoms with Crippen molar-refractivity contribution in [3.8, 4) is 5.69 Å². The van der Waals surface area contributed by atoms with Crippen molar-refractivity contribution in [3.05, 3.63) is 34.1 Å². The summed E-state index contributed by atoms with van der Waals surface area (Å²) < 4.78 is 40.2. The van der Waals surface area contributed by atoms with Gasteiger partial charge in [0.2, 0.25) is 0 Å². The summed E-state index contributed by atoms with van der Waals surface area (Å²) in [5.41, 5.74) is -0.494. The Hall–Kier alpha value is -1.48. The van der Waals surface area contributed by atoms with Crippen molar-refractivity contribution in [1.29, 1.82) is 0 Å². The molecule has 0 amide bonds. The maximum absolute atomic E-state index is 12.8. The van der Waals surface area contributed by atoms with Crippen LogP contribution in [0.15, 0.2) is 22.7 Å². The second kappa shape index (κ2) is 6.52. The number of halogens is 4. The molecule has 1 N–H and O–H groups in total. The zero-order valence-corrected chi connectivity index (χ0v) is 12.7. The minimum atomic E-state index is -4.41. The molecule has 0 spiro atoms. The highest BCUT2D eigenvalue weighted by Gasteiger charge is 2.31. The van der Waals surface area contributed by atoms with Crippen LogP contribution in [0.3, 0.4) is 0 Å². The molecule has 114 valence electrons. The van der Waals surface area contributed by atoms with E-state index in [-0.39, 0.29) is 5.69 Å². The molecule has 0 bridgehead atoms. The van der Waals surface area contributed by atoms with Crippen LogP contribution in [-0.2, 0) is 12.7 Å². The number of nitrogens with one attached hydrogen (secondary N) is 1. The largest absolute Gasteiger partial charge is 0.416 e. The van der Waals surface area contributed by atoms with Gasteiger partial charge in [0, 0.05) is 4.47 Å². The van der Waals surface area contributed by atoms with E-state index in [4.69, 9.17) is 0 Å². The second-order valence-electron chi connectivity index (χ2n) is 4.35. The zero-order chi connectivity index (χ0) is 15.5. The molecular formula is C12H13BrF3N5. The fourth-order valence-corrected chi connectivity index (χ4v) is 2.15. The minimum Gasteiger partial charge on any atom is -0.310 e. The normalized spacial score (nSPS) is 11.9. The molecular weight excluding hydrogens is 351 g/mol. The Morgan fingerprint density at radius 1 is 1.33 bits per heavy atom. The molecule has 0 atom stereocenters. The van der Waals surface area contributed by atoms with E-state index in [1.165, 1.54) is 10.7 Å². The summed E-state index contributed by atoms with van der Waals surface area (Å²) in [5.74, 6) is 0.448. The highest BCUT2D eigenvalue weighted by molar-refractivity contribution is 9.10. The summed E-state index contributed by atoms with van der Waals surface area (Å²) in [7, 11) is 0. The van der Waals surface area contributed by atoms with Crippen LogP contribution in [0.25, 0.3) is 5.69 Å². The third-order valence-corrected chi connectivity index (χ3v) is 3.42. The Labute approximate surface area is 127 Å². The molecule has 1 heterocycles. The summed E-state index contributed by atoms with van der Waals surface area (Å²) >= 11 is 3.23. The highest BCUT2D eigenvalue weighted by atomic mass is 79.9. The number of alkyl halides is 3. The molecule has 0 fully saturated rings. The van der Waals surface area contributed by atoms with Gasteiger partial charge in [-0.3, -0.25) is 0 Å². The average Bonchev–Trinajstić information content (AvgIpc) is 2.86. The zero-order valence-electron chi connectivity index (χ0n) is 11.2. The van der Waals surface area contributed by atoms with Crippen LogP contribution in [0, 0.1) is 0 Å². The first-order chi connectivity index (χ1) is 9.93. The Bertz CT molecular complexity index is 611. The minimum absolute atomic E-state index is 0.253. The van der Waals surface area contributed by atoms with Gasteiger partial charge in [-0.15, -0.1) is 5.10 Å². The Kier molecular flexibility index (Phi) is 4.94. The van der Waals surface area contributed by atoms with Crippen molar-refractivity contribution in [2.75, 3.05) is 6.54 Å². The third-order valence-electron chi connectivity index (χ3n) is 2.75. The summed E-state index contributed by atoms with van der Waals surface area (Å²) in [6, 6.07) is 3.36. The molecule has 2 rings (SSSR count). The van der Waals surface area contributed by atoms with Crippen molar-refractivity contribution in [3.63, 3.8) is 0 Å². The topological polar surface area (TPSA) is 55.6 Å². The van der Waals surface area contributed by atoms with E-state index >= 15 is 0 Å². The van der Waals surface area contributed by atoms with Gasteiger partial charge in [-0.25, -0.2) is 0 Å². The summed E-state index contributed by atoms with van der Waals surface area (Å²) in [6.45, 7) is 3.17. The van der Waals surface area contributed by atoms with Crippen molar-refractivity contribution < 1.29 is 13.2 Å². The molecule has 21 heavy (non-hydrogen) atoms. The molecule has 0 aliphatic heterocycles. The van der Waals surface area contributed by atoms with Crippen LogP contribution in [0.1, 0.15) is 24.7 Å². The number of rotatable bonds is 5.